The van der Waals surface area contributed by atoms with Crippen LogP contribution in [0.3, 0.4) is 0 Å². The van der Waals surface area contributed by atoms with E-state index in [-0.39, 0.29) is 10.7 Å². The second-order valence-electron chi connectivity index (χ2n) is 5.64. The summed E-state index contributed by atoms with van der Waals surface area (Å²) in [5, 5.41) is 0.867. The van der Waals surface area contributed by atoms with Crippen LogP contribution < -0.4 is 0 Å². The molecule has 2 heterocycles. The summed E-state index contributed by atoms with van der Waals surface area (Å²) < 4.78 is 5.73. The number of furan rings is 1. The third-order valence-corrected chi connectivity index (χ3v) is 5.25. The van der Waals surface area contributed by atoms with Crippen LogP contribution in [0.2, 0.25) is 0 Å². The van der Waals surface area contributed by atoms with Crippen molar-refractivity contribution in [3.8, 4) is 0 Å². The normalized spacial score (nSPS) is 15.2. The highest BCUT2D eigenvalue weighted by atomic mass is 32.2. The second-order valence-corrected chi connectivity index (χ2v) is 7.08. The molecule has 7 heteroatoms. The maximum absolute atomic E-state index is 12.3. The Balaban J connectivity index is 1.83. The number of rotatable bonds is 3. The predicted octanol–water partition coefficient (Wildman–Crippen LogP) is 3.34. The second kappa shape index (κ2) is 6.85. The number of aryl methyl sites for hydroxylation is 1. The standard InChI is InChI=1S/C18H16N2O3S2/c1-11-4-7-13(8-5-11)25-15-9-6-12(23-15)10-14-16(21)19(2)18(24)20(3)17(14)22/h4-10H,1-3H3. The molecule has 5 nitrogen and oxygen atoms in total. The zero-order valence-corrected chi connectivity index (χ0v) is 15.6. The summed E-state index contributed by atoms with van der Waals surface area (Å²) in [6.45, 7) is 2.03. The monoisotopic (exact) mass is 372 g/mol. The van der Waals surface area contributed by atoms with Crippen LogP contribution >= 0.6 is 24.0 Å². The lowest BCUT2D eigenvalue weighted by Crippen LogP contribution is -2.52. The van der Waals surface area contributed by atoms with Crippen LogP contribution in [0.4, 0.5) is 0 Å². The Morgan fingerprint density at radius 3 is 2.20 bits per heavy atom. The zero-order chi connectivity index (χ0) is 18.1. The fraction of sp³-hybridized carbons (Fsp3) is 0.167. The minimum Gasteiger partial charge on any atom is -0.450 e. The number of nitrogens with zero attached hydrogens (tertiary/aromatic N) is 2. The van der Waals surface area contributed by atoms with Gasteiger partial charge in [0.2, 0.25) is 0 Å². The first kappa shape index (κ1) is 17.4. The fourth-order valence-corrected chi connectivity index (χ4v) is 3.25. The molecule has 2 aromatic rings. The van der Waals surface area contributed by atoms with Crippen LogP contribution in [0, 0.1) is 6.92 Å². The van der Waals surface area contributed by atoms with E-state index in [1.54, 1.807) is 20.2 Å². The number of carbonyl (C=O) groups is 2. The predicted molar refractivity (Wildman–Crippen MR) is 100 cm³/mol. The van der Waals surface area contributed by atoms with Gasteiger partial charge in [-0.05, 0) is 49.5 Å². The molecule has 1 aliphatic heterocycles. The number of amides is 2. The van der Waals surface area contributed by atoms with Gasteiger partial charge in [-0.3, -0.25) is 19.4 Å². The molecule has 0 aliphatic carbocycles. The lowest BCUT2D eigenvalue weighted by atomic mass is 10.1. The van der Waals surface area contributed by atoms with Gasteiger partial charge < -0.3 is 4.42 Å². The average molecular weight is 372 g/mol. The molecule has 25 heavy (non-hydrogen) atoms. The van der Waals surface area contributed by atoms with E-state index in [1.165, 1.54) is 33.2 Å². The quantitative estimate of drug-likeness (QED) is 0.470. The van der Waals surface area contributed by atoms with E-state index in [9.17, 15) is 9.59 Å². The van der Waals surface area contributed by atoms with Crippen molar-refractivity contribution in [2.75, 3.05) is 14.1 Å². The van der Waals surface area contributed by atoms with Gasteiger partial charge in [0.05, 0.1) is 0 Å². The molecule has 0 atom stereocenters. The van der Waals surface area contributed by atoms with Gasteiger partial charge in [0.1, 0.15) is 11.3 Å². The first-order valence-corrected chi connectivity index (χ1v) is 8.75. The Bertz CT molecular complexity index is 858. The average Bonchev–Trinajstić information content (AvgIpc) is 3.04. The van der Waals surface area contributed by atoms with Crippen LogP contribution in [-0.2, 0) is 9.59 Å². The van der Waals surface area contributed by atoms with Crippen LogP contribution in [0.15, 0.2) is 56.4 Å². The number of hydrogen-bond donors (Lipinski definition) is 0. The van der Waals surface area contributed by atoms with Crippen molar-refractivity contribution in [2.45, 2.75) is 16.9 Å². The van der Waals surface area contributed by atoms with E-state index in [0.29, 0.717) is 10.9 Å². The van der Waals surface area contributed by atoms with Gasteiger partial charge in [-0.25, -0.2) is 0 Å². The first-order chi connectivity index (χ1) is 11.9. The SMILES string of the molecule is Cc1ccc(Sc2ccc(C=C3C(=O)N(C)C(=S)N(C)C3=O)o2)cc1. The molecule has 1 aromatic carbocycles. The minimum atomic E-state index is -0.433. The van der Waals surface area contributed by atoms with Crippen LogP contribution in [0.5, 0.6) is 0 Å². The van der Waals surface area contributed by atoms with E-state index in [1.807, 2.05) is 37.3 Å². The Kier molecular flexibility index (Phi) is 4.78. The highest BCUT2D eigenvalue weighted by Gasteiger charge is 2.35. The Morgan fingerprint density at radius 1 is 1.00 bits per heavy atom. The minimum absolute atomic E-state index is 0.0276. The van der Waals surface area contributed by atoms with Crippen LogP contribution in [-0.4, -0.2) is 40.8 Å². The summed E-state index contributed by atoms with van der Waals surface area (Å²) in [5.74, 6) is -0.421. The molecule has 1 fully saturated rings. The van der Waals surface area contributed by atoms with Crippen molar-refractivity contribution in [1.82, 2.24) is 9.80 Å². The Hall–Kier alpha value is -2.38. The highest BCUT2D eigenvalue weighted by molar-refractivity contribution is 7.99. The van der Waals surface area contributed by atoms with Crippen molar-refractivity contribution in [3.63, 3.8) is 0 Å². The molecular weight excluding hydrogens is 356 g/mol. The summed E-state index contributed by atoms with van der Waals surface area (Å²) in [5.41, 5.74) is 1.22. The lowest BCUT2D eigenvalue weighted by Gasteiger charge is -2.31. The molecule has 1 aliphatic rings. The molecule has 128 valence electrons. The maximum Gasteiger partial charge on any atom is 0.265 e. The van der Waals surface area contributed by atoms with Crippen molar-refractivity contribution in [3.05, 3.63) is 53.3 Å². The molecule has 0 bridgehead atoms. The van der Waals surface area contributed by atoms with Gasteiger partial charge in [0.15, 0.2) is 10.2 Å². The molecule has 0 radical (unpaired) electrons. The third kappa shape index (κ3) is 3.52. The van der Waals surface area contributed by atoms with E-state index < -0.39 is 11.8 Å². The summed E-state index contributed by atoms with van der Waals surface area (Å²) in [6.07, 6.45) is 1.46. The molecule has 0 spiro atoms. The highest BCUT2D eigenvalue weighted by Crippen LogP contribution is 2.30. The molecule has 2 amide bonds. The molecule has 1 aromatic heterocycles. The Labute approximate surface area is 155 Å². The van der Waals surface area contributed by atoms with Gasteiger partial charge in [-0.1, -0.05) is 29.5 Å². The largest absolute Gasteiger partial charge is 0.450 e. The molecular formula is C18H16N2O3S2. The summed E-state index contributed by atoms with van der Waals surface area (Å²) >= 11 is 6.54. The van der Waals surface area contributed by atoms with E-state index in [2.05, 4.69) is 0 Å². The topological polar surface area (TPSA) is 53.8 Å². The van der Waals surface area contributed by atoms with E-state index >= 15 is 0 Å². The van der Waals surface area contributed by atoms with Gasteiger partial charge >= 0.3 is 0 Å². The van der Waals surface area contributed by atoms with Crippen molar-refractivity contribution in [2.24, 2.45) is 0 Å². The van der Waals surface area contributed by atoms with Gasteiger partial charge in [0.25, 0.3) is 11.8 Å². The number of likely N-dealkylation sites (N-methyl/N-ethyl adjacent to an activating group) is 2. The molecule has 1 saturated heterocycles. The zero-order valence-electron chi connectivity index (χ0n) is 14.0. The van der Waals surface area contributed by atoms with Crippen LogP contribution in [0.1, 0.15) is 11.3 Å². The smallest absolute Gasteiger partial charge is 0.265 e. The van der Waals surface area contributed by atoms with Crippen molar-refractivity contribution in [1.29, 1.82) is 0 Å². The lowest BCUT2D eigenvalue weighted by molar-refractivity contribution is -0.132. The summed E-state index contributed by atoms with van der Waals surface area (Å²) in [7, 11) is 3.09. The summed E-state index contributed by atoms with van der Waals surface area (Å²) in [4.78, 5) is 28.2. The molecule has 3 rings (SSSR count). The number of carbonyl (C=O) groups excluding carboxylic acids is 2. The van der Waals surface area contributed by atoms with E-state index in [4.69, 9.17) is 16.6 Å². The number of thiocarbonyl (C=S) groups is 1. The third-order valence-electron chi connectivity index (χ3n) is 3.77. The molecule has 0 N–H and O–H groups in total. The fourth-order valence-electron chi connectivity index (χ4n) is 2.31. The number of benzene rings is 1. The maximum atomic E-state index is 12.3. The van der Waals surface area contributed by atoms with Crippen molar-refractivity contribution < 1.29 is 14.0 Å². The van der Waals surface area contributed by atoms with E-state index in [0.717, 1.165) is 4.90 Å². The first-order valence-electron chi connectivity index (χ1n) is 7.53. The van der Waals surface area contributed by atoms with Crippen LogP contribution in [0.25, 0.3) is 6.08 Å². The number of hydrogen-bond acceptors (Lipinski definition) is 5. The van der Waals surface area contributed by atoms with Gasteiger partial charge in [-0.2, -0.15) is 0 Å². The molecule has 0 saturated carbocycles. The van der Waals surface area contributed by atoms with Gasteiger partial charge in [-0.15, -0.1) is 0 Å². The Morgan fingerprint density at radius 2 is 1.60 bits per heavy atom. The van der Waals surface area contributed by atoms with Crippen molar-refractivity contribution >= 4 is 47.0 Å². The van der Waals surface area contributed by atoms with Gasteiger partial charge in [0, 0.05) is 19.0 Å². The summed E-state index contributed by atoms with van der Waals surface area (Å²) in [6, 6.07) is 11.6. The molecule has 0 unspecified atom stereocenters.